The van der Waals surface area contributed by atoms with Gasteiger partial charge in [0, 0.05) is 42.5 Å². The van der Waals surface area contributed by atoms with E-state index in [0.29, 0.717) is 29.8 Å². The summed E-state index contributed by atoms with van der Waals surface area (Å²) in [5.74, 6) is -1.16. The SMILES string of the molecule is Cn1nc(C(=O)NC(=O)c2ccc(N)cc2)c2c1CCN(C(=O)OC(C)(C)C)C2. The predicted octanol–water partition coefficient (Wildman–Crippen LogP) is 1.87. The van der Waals surface area contributed by atoms with Gasteiger partial charge in [-0.05, 0) is 45.0 Å². The summed E-state index contributed by atoms with van der Waals surface area (Å²) in [6.07, 6.45) is 0.0911. The fourth-order valence-electron chi connectivity index (χ4n) is 3.13. The van der Waals surface area contributed by atoms with Gasteiger partial charge in [-0.15, -0.1) is 0 Å². The lowest BCUT2D eigenvalue weighted by molar-refractivity contribution is 0.0221. The fourth-order valence-corrected chi connectivity index (χ4v) is 3.13. The number of hydrogen-bond donors (Lipinski definition) is 2. The van der Waals surface area contributed by atoms with Crippen LogP contribution in [0, 0.1) is 0 Å². The van der Waals surface area contributed by atoms with Gasteiger partial charge in [0.05, 0.1) is 6.54 Å². The fraction of sp³-hybridized carbons (Fsp3) is 0.400. The zero-order valence-electron chi connectivity index (χ0n) is 17.0. The average molecular weight is 399 g/mol. The molecule has 1 aliphatic rings. The molecule has 2 heterocycles. The largest absolute Gasteiger partial charge is 0.444 e. The first-order valence-electron chi connectivity index (χ1n) is 9.29. The molecule has 3 N–H and O–H groups in total. The second-order valence-electron chi connectivity index (χ2n) is 7.95. The standard InChI is InChI=1S/C20H25N5O4/c1-20(2,3)29-19(28)25-10-9-15-14(11-25)16(23-24(15)4)18(27)22-17(26)12-5-7-13(21)8-6-12/h5-8H,9-11,21H2,1-4H3,(H,22,26,27). The van der Waals surface area contributed by atoms with E-state index < -0.39 is 23.5 Å². The van der Waals surface area contributed by atoms with Gasteiger partial charge in [-0.25, -0.2) is 4.79 Å². The first-order valence-corrected chi connectivity index (χ1v) is 9.29. The van der Waals surface area contributed by atoms with Gasteiger partial charge in [0.15, 0.2) is 5.69 Å². The van der Waals surface area contributed by atoms with Gasteiger partial charge in [-0.1, -0.05) is 0 Å². The number of carbonyl (C=O) groups excluding carboxylic acids is 3. The molecular weight excluding hydrogens is 374 g/mol. The number of ether oxygens (including phenoxy) is 1. The van der Waals surface area contributed by atoms with Crippen LogP contribution in [0.25, 0.3) is 0 Å². The molecular formula is C20H25N5O4. The van der Waals surface area contributed by atoms with E-state index in [1.807, 2.05) is 0 Å². The highest BCUT2D eigenvalue weighted by molar-refractivity contribution is 6.10. The summed E-state index contributed by atoms with van der Waals surface area (Å²) in [6, 6.07) is 6.24. The Morgan fingerprint density at radius 1 is 1.14 bits per heavy atom. The van der Waals surface area contributed by atoms with Crippen molar-refractivity contribution in [3.05, 3.63) is 46.8 Å². The Kier molecular flexibility index (Phi) is 5.32. The lowest BCUT2D eigenvalue weighted by atomic mass is 10.0. The number of amides is 3. The maximum absolute atomic E-state index is 12.7. The molecule has 1 aliphatic heterocycles. The number of aryl methyl sites for hydroxylation is 1. The van der Waals surface area contributed by atoms with Crippen molar-refractivity contribution in [1.82, 2.24) is 20.0 Å². The Labute approximate surface area is 168 Å². The molecule has 0 unspecified atom stereocenters. The minimum atomic E-state index is -0.616. The van der Waals surface area contributed by atoms with Crippen molar-refractivity contribution < 1.29 is 19.1 Å². The predicted molar refractivity (Wildman–Crippen MR) is 106 cm³/mol. The molecule has 3 amide bonds. The number of nitrogens with one attached hydrogen (secondary N) is 1. The van der Waals surface area contributed by atoms with E-state index in [1.165, 1.54) is 17.0 Å². The summed E-state index contributed by atoms with van der Waals surface area (Å²) < 4.78 is 7.04. The number of carbonyl (C=O) groups is 3. The molecule has 29 heavy (non-hydrogen) atoms. The molecule has 9 heteroatoms. The van der Waals surface area contributed by atoms with E-state index in [1.54, 1.807) is 44.6 Å². The molecule has 1 aromatic heterocycles. The maximum Gasteiger partial charge on any atom is 0.410 e. The van der Waals surface area contributed by atoms with Crippen molar-refractivity contribution in [2.45, 2.75) is 39.3 Å². The number of nitrogens with two attached hydrogens (primary N) is 1. The molecule has 0 fully saturated rings. The zero-order chi connectivity index (χ0) is 21.3. The number of hydrogen-bond acceptors (Lipinski definition) is 6. The van der Waals surface area contributed by atoms with Crippen LogP contribution in [0.3, 0.4) is 0 Å². The third kappa shape index (κ3) is 4.56. The van der Waals surface area contributed by atoms with Crippen molar-refractivity contribution >= 4 is 23.6 Å². The number of imide groups is 1. The Balaban J connectivity index is 1.78. The number of nitrogens with zero attached hydrogens (tertiary/aromatic N) is 3. The molecule has 1 aromatic carbocycles. The van der Waals surface area contributed by atoms with E-state index in [0.717, 1.165) is 5.69 Å². The van der Waals surface area contributed by atoms with Gasteiger partial charge >= 0.3 is 6.09 Å². The monoisotopic (exact) mass is 399 g/mol. The molecule has 9 nitrogen and oxygen atoms in total. The van der Waals surface area contributed by atoms with Crippen LogP contribution in [0.4, 0.5) is 10.5 Å². The van der Waals surface area contributed by atoms with Crippen LogP contribution in [0.15, 0.2) is 24.3 Å². The highest BCUT2D eigenvalue weighted by atomic mass is 16.6. The van der Waals surface area contributed by atoms with Crippen LogP contribution in [-0.2, 0) is 24.8 Å². The second-order valence-corrected chi connectivity index (χ2v) is 7.95. The zero-order valence-corrected chi connectivity index (χ0v) is 17.0. The van der Waals surface area contributed by atoms with Crippen molar-refractivity contribution in [3.63, 3.8) is 0 Å². The van der Waals surface area contributed by atoms with E-state index in [2.05, 4.69) is 10.4 Å². The molecule has 3 rings (SSSR count). The summed E-state index contributed by atoms with van der Waals surface area (Å²) in [5, 5.41) is 6.62. The third-order valence-electron chi connectivity index (χ3n) is 4.51. The average Bonchev–Trinajstić information content (AvgIpc) is 2.97. The molecule has 0 aliphatic carbocycles. The lowest BCUT2D eigenvalue weighted by Crippen LogP contribution is -2.40. The van der Waals surface area contributed by atoms with Crippen LogP contribution in [0.1, 0.15) is 52.9 Å². The summed E-state index contributed by atoms with van der Waals surface area (Å²) in [4.78, 5) is 39.0. The van der Waals surface area contributed by atoms with Gasteiger partial charge in [-0.2, -0.15) is 5.10 Å². The highest BCUT2D eigenvalue weighted by Gasteiger charge is 2.32. The molecule has 154 valence electrons. The van der Waals surface area contributed by atoms with Crippen LogP contribution in [0.5, 0.6) is 0 Å². The van der Waals surface area contributed by atoms with Gasteiger partial charge in [0.25, 0.3) is 11.8 Å². The van der Waals surface area contributed by atoms with Crippen LogP contribution in [-0.4, -0.2) is 44.7 Å². The Bertz CT molecular complexity index is 956. The van der Waals surface area contributed by atoms with E-state index in [9.17, 15) is 14.4 Å². The van der Waals surface area contributed by atoms with Gasteiger partial charge < -0.3 is 15.4 Å². The summed E-state index contributed by atoms with van der Waals surface area (Å²) in [5.41, 5.74) is 7.44. The number of benzene rings is 1. The van der Waals surface area contributed by atoms with Crippen LogP contribution in [0.2, 0.25) is 0 Å². The van der Waals surface area contributed by atoms with E-state index >= 15 is 0 Å². The summed E-state index contributed by atoms with van der Waals surface area (Å²) >= 11 is 0. The minimum Gasteiger partial charge on any atom is -0.444 e. The number of fused-ring (bicyclic) bond motifs is 1. The highest BCUT2D eigenvalue weighted by Crippen LogP contribution is 2.24. The van der Waals surface area contributed by atoms with Crippen molar-refractivity contribution in [2.24, 2.45) is 7.05 Å². The molecule has 0 bridgehead atoms. The quantitative estimate of drug-likeness (QED) is 0.588. The Morgan fingerprint density at radius 3 is 2.41 bits per heavy atom. The lowest BCUT2D eigenvalue weighted by Gasteiger charge is -2.30. The minimum absolute atomic E-state index is 0.125. The summed E-state index contributed by atoms with van der Waals surface area (Å²) in [6.45, 7) is 6.05. The topological polar surface area (TPSA) is 120 Å². The smallest absolute Gasteiger partial charge is 0.410 e. The number of aromatic nitrogens is 2. The van der Waals surface area contributed by atoms with E-state index in [-0.39, 0.29) is 12.2 Å². The molecule has 0 saturated carbocycles. The first kappa shape index (κ1) is 20.4. The maximum atomic E-state index is 12.7. The normalized spacial score (nSPS) is 13.6. The Hall–Kier alpha value is -3.36. The van der Waals surface area contributed by atoms with Crippen molar-refractivity contribution in [2.75, 3.05) is 12.3 Å². The second kappa shape index (κ2) is 7.57. The molecule has 0 saturated heterocycles. The molecule has 0 atom stereocenters. The van der Waals surface area contributed by atoms with E-state index in [4.69, 9.17) is 10.5 Å². The molecule has 0 spiro atoms. The van der Waals surface area contributed by atoms with Gasteiger partial charge in [-0.3, -0.25) is 19.6 Å². The first-order chi connectivity index (χ1) is 13.5. The van der Waals surface area contributed by atoms with Crippen molar-refractivity contribution in [1.29, 1.82) is 0 Å². The Morgan fingerprint density at radius 2 is 1.79 bits per heavy atom. The number of anilines is 1. The number of rotatable bonds is 2. The van der Waals surface area contributed by atoms with Crippen LogP contribution >= 0.6 is 0 Å². The van der Waals surface area contributed by atoms with Crippen LogP contribution < -0.4 is 11.1 Å². The third-order valence-corrected chi connectivity index (χ3v) is 4.51. The molecule has 2 aromatic rings. The van der Waals surface area contributed by atoms with Gasteiger partial charge in [0.1, 0.15) is 5.60 Å². The molecule has 0 radical (unpaired) electrons. The van der Waals surface area contributed by atoms with Crippen molar-refractivity contribution in [3.8, 4) is 0 Å². The van der Waals surface area contributed by atoms with Gasteiger partial charge in [0.2, 0.25) is 0 Å². The number of nitrogen functional groups attached to an aromatic ring is 1. The summed E-state index contributed by atoms with van der Waals surface area (Å²) in [7, 11) is 1.74.